The van der Waals surface area contributed by atoms with Gasteiger partial charge in [0.2, 0.25) is 0 Å². The average Bonchev–Trinajstić information content (AvgIpc) is 2.28. The van der Waals surface area contributed by atoms with Gasteiger partial charge in [-0.2, -0.15) is 11.8 Å². The van der Waals surface area contributed by atoms with Crippen LogP contribution in [-0.2, 0) is 0 Å². The molecule has 1 aromatic rings. The molecule has 0 radical (unpaired) electrons. The maximum Gasteiger partial charge on any atom is 0.335 e. The second-order valence-corrected chi connectivity index (χ2v) is 6.68. The molecule has 3 nitrogen and oxygen atoms in total. The molecule has 0 unspecified atom stereocenters. The second-order valence-electron chi connectivity index (χ2n) is 4.88. The summed E-state index contributed by atoms with van der Waals surface area (Å²) in [6.45, 7) is 6.52. The van der Waals surface area contributed by atoms with Crippen molar-refractivity contribution in [3.8, 4) is 0 Å². The lowest BCUT2D eigenvalue weighted by molar-refractivity contribution is 0.0697. The Morgan fingerprint density at radius 2 is 2.00 bits per heavy atom. The van der Waals surface area contributed by atoms with Gasteiger partial charge in [0.05, 0.1) is 5.56 Å². The first-order valence-electron chi connectivity index (χ1n) is 5.70. The molecule has 1 heterocycles. The fraction of sp³-hybridized carbons (Fsp3) is 0.462. The summed E-state index contributed by atoms with van der Waals surface area (Å²) in [6, 6.07) is 7.14. The number of rotatable bonds is 2. The van der Waals surface area contributed by atoms with Gasteiger partial charge in [-0.05, 0) is 38.1 Å². The molecule has 0 aliphatic carbocycles. The molecule has 0 saturated carbocycles. The van der Waals surface area contributed by atoms with Crippen LogP contribution in [0.5, 0.6) is 0 Å². The van der Waals surface area contributed by atoms with E-state index in [-0.39, 0.29) is 4.75 Å². The Morgan fingerprint density at radius 1 is 1.35 bits per heavy atom. The standard InChI is InChI=1S/C13H17NO2S/c1-13(2)9-14(7-8-17-13)11-5-3-10(4-6-11)12(15)16/h3-6H,7-9H2,1-2H3,(H,15,16). The zero-order valence-electron chi connectivity index (χ0n) is 10.1. The molecule has 1 aliphatic rings. The van der Waals surface area contributed by atoms with Crippen LogP contribution in [0.25, 0.3) is 0 Å². The molecule has 17 heavy (non-hydrogen) atoms. The summed E-state index contributed by atoms with van der Waals surface area (Å²) >= 11 is 1.99. The molecule has 1 aromatic carbocycles. The summed E-state index contributed by atoms with van der Waals surface area (Å²) in [7, 11) is 0. The van der Waals surface area contributed by atoms with Gasteiger partial charge in [0.15, 0.2) is 0 Å². The van der Waals surface area contributed by atoms with Crippen molar-refractivity contribution in [3.63, 3.8) is 0 Å². The Hall–Kier alpha value is -1.16. The van der Waals surface area contributed by atoms with Crippen LogP contribution >= 0.6 is 11.8 Å². The summed E-state index contributed by atoms with van der Waals surface area (Å²) in [5, 5.41) is 8.85. The van der Waals surface area contributed by atoms with Crippen LogP contribution in [0.2, 0.25) is 0 Å². The van der Waals surface area contributed by atoms with Crippen molar-refractivity contribution in [2.24, 2.45) is 0 Å². The van der Waals surface area contributed by atoms with Crippen LogP contribution in [0.4, 0.5) is 5.69 Å². The molecule has 1 N–H and O–H groups in total. The lowest BCUT2D eigenvalue weighted by Gasteiger charge is -2.39. The highest BCUT2D eigenvalue weighted by molar-refractivity contribution is 8.00. The van der Waals surface area contributed by atoms with Gasteiger partial charge in [-0.15, -0.1) is 0 Å². The van der Waals surface area contributed by atoms with Crippen LogP contribution < -0.4 is 4.90 Å². The van der Waals surface area contributed by atoms with E-state index in [4.69, 9.17) is 5.11 Å². The second kappa shape index (κ2) is 4.61. The number of carbonyl (C=O) groups is 1. The molecular formula is C13H17NO2S. The lowest BCUT2D eigenvalue weighted by Crippen LogP contribution is -2.43. The molecule has 0 spiro atoms. The average molecular weight is 251 g/mol. The summed E-state index contributed by atoms with van der Waals surface area (Å²) in [5.41, 5.74) is 1.46. The van der Waals surface area contributed by atoms with Crippen LogP contribution in [-0.4, -0.2) is 34.7 Å². The normalized spacial score (nSPS) is 19.1. The van der Waals surface area contributed by atoms with Crippen LogP contribution in [0, 0.1) is 0 Å². The number of nitrogens with zero attached hydrogens (tertiary/aromatic N) is 1. The predicted molar refractivity (Wildman–Crippen MR) is 72.2 cm³/mol. The van der Waals surface area contributed by atoms with Gasteiger partial charge in [-0.25, -0.2) is 4.79 Å². The fourth-order valence-electron chi connectivity index (χ4n) is 2.05. The van der Waals surface area contributed by atoms with Crippen molar-refractivity contribution in [2.75, 3.05) is 23.7 Å². The number of anilines is 1. The highest BCUT2D eigenvalue weighted by atomic mass is 32.2. The molecule has 2 rings (SSSR count). The predicted octanol–water partition coefficient (Wildman–Crippen LogP) is 2.72. The number of hydrogen-bond acceptors (Lipinski definition) is 3. The first-order chi connectivity index (χ1) is 7.98. The van der Waals surface area contributed by atoms with Crippen LogP contribution in [0.1, 0.15) is 24.2 Å². The molecule has 92 valence electrons. The lowest BCUT2D eigenvalue weighted by atomic mass is 10.1. The van der Waals surface area contributed by atoms with Gasteiger partial charge in [-0.1, -0.05) is 0 Å². The van der Waals surface area contributed by atoms with E-state index in [9.17, 15) is 4.79 Å². The van der Waals surface area contributed by atoms with Gasteiger partial charge < -0.3 is 10.0 Å². The topological polar surface area (TPSA) is 40.5 Å². The Bertz CT molecular complexity index is 414. The van der Waals surface area contributed by atoms with Crippen molar-refractivity contribution in [3.05, 3.63) is 29.8 Å². The van der Waals surface area contributed by atoms with Gasteiger partial charge >= 0.3 is 5.97 Å². The molecule has 1 saturated heterocycles. The Morgan fingerprint density at radius 3 is 2.53 bits per heavy atom. The van der Waals surface area contributed by atoms with Crippen molar-refractivity contribution in [1.29, 1.82) is 0 Å². The number of aromatic carboxylic acids is 1. The number of thioether (sulfide) groups is 1. The molecule has 0 atom stereocenters. The van der Waals surface area contributed by atoms with Crippen molar-refractivity contribution < 1.29 is 9.90 Å². The molecule has 1 fully saturated rings. The van der Waals surface area contributed by atoms with Gasteiger partial charge in [0.25, 0.3) is 0 Å². The number of hydrogen-bond donors (Lipinski definition) is 1. The monoisotopic (exact) mass is 251 g/mol. The molecule has 0 aromatic heterocycles. The molecular weight excluding hydrogens is 234 g/mol. The summed E-state index contributed by atoms with van der Waals surface area (Å²) in [5.74, 6) is 0.249. The maximum atomic E-state index is 10.8. The number of carboxylic acid groups (broad SMARTS) is 1. The highest BCUT2D eigenvalue weighted by Gasteiger charge is 2.27. The first kappa shape index (κ1) is 12.3. The molecule has 0 amide bonds. The maximum absolute atomic E-state index is 10.8. The highest BCUT2D eigenvalue weighted by Crippen LogP contribution is 2.32. The molecule has 1 aliphatic heterocycles. The van der Waals surface area contributed by atoms with Gasteiger partial charge in [-0.3, -0.25) is 0 Å². The smallest absolute Gasteiger partial charge is 0.335 e. The summed E-state index contributed by atoms with van der Waals surface area (Å²) in [6.07, 6.45) is 0. The van der Waals surface area contributed by atoms with E-state index in [1.165, 1.54) is 0 Å². The van der Waals surface area contributed by atoms with Gasteiger partial charge in [0.1, 0.15) is 0 Å². The minimum atomic E-state index is -0.869. The number of carboxylic acids is 1. The minimum Gasteiger partial charge on any atom is -0.478 e. The van der Waals surface area contributed by atoms with E-state index in [0.29, 0.717) is 5.56 Å². The van der Waals surface area contributed by atoms with E-state index in [2.05, 4.69) is 18.7 Å². The van der Waals surface area contributed by atoms with E-state index in [0.717, 1.165) is 24.5 Å². The SMILES string of the molecule is CC1(C)CN(c2ccc(C(=O)O)cc2)CCS1. The third-order valence-corrected chi connectivity index (χ3v) is 4.20. The quantitative estimate of drug-likeness (QED) is 0.877. The summed E-state index contributed by atoms with van der Waals surface area (Å²) in [4.78, 5) is 13.1. The van der Waals surface area contributed by atoms with E-state index < -0.39 is 5.97 Å². The molecule has 0 bridgehead atoms. The Kier molecular flexibility index (Phi) is 3.33. The van der Waals surface area contributed by atoms with E-state index in [1.54, 1.807) is 12.1 Å². The minimum absolute atomic E-state index is 0.268. The number of benzene rings is 1. The third kappa shape index (κ3) is 2.94. The fourth-order valence-corrected chi connectivity index (χ4v) is 3.16. The van der Waals surface area contributed by atoms with E-state index >= 15 is 0 Å². The third-order valence-electron chi connectivity index (χ3n) is 2.91. The van der Waals surface area contributed by atoms with Crippen molar-refractivity contribution in [2.45, 2.75) is 18.6 Å². The van der Waals surface area contributed by atoms with E-state index in [1.807, 2.05) is 23.9 Å². The largest absolute Gasteiger partial charge is 0.478 e. The van der Waals surface area contributed by atoms with Crippen LogP contribution in [0.15, 0.2) is 24.3 Å². The van der Waals surface area contributed by atoms with Gasteiger partial charge in [0, 0.05) is 29.3 Å². The van der Waals surface area contributed by atoms with Crippen molar-refractivity contribution >= 4 is 23.4 Å². The summed E-state index contributed by atoms with van der Waals surface area (Å²) < 4.78 is 0.268. The zero-order valence-corrected chi connectivity index (χ0v) is 11.0. The Labute approximate surface area is 106 Å². The zero-order chi connectivity index (χ0) is 12.5. The van der Waals surface area contributed by atoms with Crippen molar-refractivity contribution in [1.82, 2.24) is 0 Å². The first-order valence-corrected chi connectivity index (χ1v) is 6.69. The Balaban J connectivity index is 2.14. The van der Waals surface area contributed by atoms with Crippen LogP contribution in [0.3, 0.4) is 0 Å². The molecule has 4 heteroatoms.